The van der Waals surface area contributed by atoms with Crippen LogP contribution < -0.4 is 15.6 Å². The monoisotopic (exact) mass is 417 g/mol. The van der Waals surface area contributed by atoms with Crippen LogP contribution in [0.25, 0.3) is 0 Å². The summed E-state index contributed by atoms with van der Waals surface area (Å²) in [4.78, 5) is 23.9. The molecule has 0 aliphatic carbocycles. The van der Waals surface area contributed by atoms with Crippen LogP contribution >= 0.6 is 0 Å². The third-order valence-corrected chi connectivity index (χ3v) is 5.53. The van der Waals surface area contributed by atoms with Crippen molar-refractivity contribution in [2.75, 3.05) is 12.4 Å². The number of anilines is 1. The molecular formula is C19H16FN3O5S. The van der Waals surface area contributed by atoms with E-state index in [1.165, 1.54) is 19.2 Å². The van der Waals surface area contributed by atoms with Gasteiger partial charge < -0.3 is 10.1 Å². The number of aromatic nitrogens is 2. The normalized spacial score (nSPS) is 11.1. The summed E-state index contributed by atoms with van der Waals surface area (Å²) in [5, 5.41) is 5.87. The van der Waals surface area contributed by atoms with Gasteiger partial charge in [0.2, 0.25) is 15.7 Å². The van der Waals surface area contributed by atoms with E-state index < -0.39 is 38.7 Å². The molecule has 3 rings (SSSR count). The quantitative estimate of drug-likeness (QED) is 0.656. The summed E-state index contributed by atoms with van der Waals surface area (Å²) in [5.41, 5.74) is -0.194. The molecule has 0 spiro atoms. The fourth-order valence-corrected chi connectivity index (χ4v) is 3.67. The lowest BCUT2D eigenvalue weighted by atomic mass is 10.3. The molecule has 150 valence electrons. The maximum Gasteiger partial charge on any atom is 0.267 e. The second kappa shape index (κ2) is 8.23. The van der Waals surface area contributed by atoms with Gasteiger partial charge in [-0.1, -0.05) is 6.07 Å². The number of hydrogen-bond donors (Lipinski definition) is 1. The fraction of sp³-hybridized carbons (Fsp3) is 0.105. The van der Waals surface area contributed by atoms with Gasteiger partial charge in [0, 0.05) is 11.8 Å². The van der Waals surface area contributed by atoms with Gasteiger partial charge >= 0.3 is 0 Å². The lowest BCUT2D eigenvalue weighted by molar-refractivity contribution is -0.117. The lowest BCUT2D eigenvalue weighted by Gasteiger charge is -2.09. The molecule has 0 fully saturated rings. The first-order chi connectivity index (χ1) is 13.8. The number of hydrogen-bond acceptors (Lipinski definition) is 6. The molecular weight excluding hydrogens is 401 g/mol. The largest absolute Gasteiger partial charge is 0.497 e. The number of rotatable bonds is 6. The Kier molecular flexibility index (Phi) is 5.74. The number of carbonyl (C=O) groups is 1. The number of benzene rings is 2. The average Bonchev–Trinajstić information content (AvgIpc) is 2.70. The van der Waals surface area contributed by atoms with E-state index in [0.717, 1.165) is 28.9 Å². The molecule has 0 atom stereocenters. The topological polar surface area (TPSA) is 107 Å². The van der Waals surface area contributed by atoms with Crippen LogP contribution in [0.2, 0.25) is 0 Å². The van der Waals surface area contributed by atoms with Gasteiger partial charge in [-0.15, -0.1) is 0 Å². The minimum atomic E-state index is -4.16. The number of amides is 1. The average molecular weight is 417 g/mol. The summed E-state index contributed by atoms with van der Waals surface area (Å²) < 4.78 is 44.4. The van der Waals surface area contributed by atoms with Gasteiger partial charge in [-0.05, 0) is 48.5 Å². The number of nitrogens with one attached hydrogen (secondary N) is 1. The second-order valence-electron chi connectivity index (χ2n) is 5.90. The predicted molar refractivity (Wildman–Crippen MR) is 102 cm³/mol. The molecule has 0 unspecified atom stereocenters. The van der Waals surface area contributed by atoms with Gasteiger partial charge in [-0.2, -0.15) is 5.10 Å². The summed E-state index contributed by atoms with van der Waals surface area (Å²) in [6.07, 6.45) is 0. The summed E-state index contributed by atoms with van der Waals surface area (Å²) in [6, 6.07) is 12.9. The predicted octanol–water partition coefficient (Wildman–Crippen LogP) is 1.86. The number of ether oxygens (including phenoxy) is 1. The van der Waals surface area contributed by atoms with Crippen LogP contribution in [0.4, 0.5) is 10.1 Å². The number of sulfone groups is 1. The molecule has 0 bridgehead atoms. The Hall–Kier alpha value is -3.53. The lowest BCUT2D eigenvalue weighted by Crippen LogP contribution is -2.30. The van der Waals surface area contributed by atoms with Crippen LogP contribution in [0.5, 0.6) is 5.75 Å². The van der Waals surface area contributed by atoms with E-state index in [1.807, 2.05) is 0 Å². The van der Waals surface area contributed by atoms with Crippen molar-refractivity contribution in [1.82, 2.24) is 9.78 Å². The van der Waals surface area contributed by atoms with Crippen molar-refractivity contribution in [1.29, 1.82) is 0 Å². The molecule has 1 heterocycles. The van der Waals surface area contributed by atoms with Gasteiger partial charge in [0.1, 0.15) is 18.1 Å². The first kappa shape index (κ1) is 20.2. The van der Waals surface area contributed by atoms with Crippen LogP contribution in [0.1, 0.15) is 0 Å². The number of halogens is 1. The summed E-state index contributed by atoms with van der Waals surface area (Å²) in [5.74, 6) is -0.695. The fourth-order valence-electron chi connectivity index (χ4n) is 2.45. The van der Waals surface area contributed by atoms with Crippen molar-refractivity contribution in [3.63, 3.8) is 0 Å². The maximum absolute atomic E-state index is 13.4. The van der Waals surface area contributed by atoms with Crippen LogP contribution in [0, 0.1) is 5.82 Å². The Bertz CT molecular complexity index is 1210. The van der Waals surface area contributed by atoms with Crippen LogP contribution in [0.3, 0.4) is 0 Å². The van der Waals surface area contributed by atoms with Gasteiger partial charge in [-0.25, -0.2) is 17.5 Å². The number of carbonyl (C=O) groups excluding carboxylic acids is 1. The third kappa shape index (κ3) is 4.66. The molecule has 0 radical (unpaired) electrons. The van der Waals surface area contributed by atoms with Gasteiger partial charge in [0.25, 0.3) is 5.56 Å². The highest BCUT2D eigenvalue weighted by molar-refractivity contribution is 7.91. The first-order valence-corrected chi connectivity index (χ1v) is 9.80. The second-order valence-corrected chi connectivity index (χ2v) is 7.80. The van der Waals surface area contributed by atoms with Crippen LogP contribution in [0.15, 0.2) is 75.4 Å². The molecule has 0 aliphatic heterocycles. The molecule has 0 saturated carbocycles. The molecule has 1 amide bonds. The summed E-state index contributed by atoms with van der Waals surface area (Å²) >= 11 is 0. The van der Waals surface area contributed by atoms with E-state index in [9.17, 15) is 22.4 Å². The highest BCUT2D eigenvalue weighted by atomic mass is 32.2. The maximum atomic E-state index is 13.4. The van der Waals surface area contributed by atoms with E-state index in [0.29, 0.717) is 11.4 Å². The van der Waals surface area contributed by atoms with E-state index in [2.05, 4.69) is 10.4 Å². The van der Waals surface area contributed by atoms with Crippen molar-refractivity contribution >= 4 is 21.4 Å². The van der Waals surface area contributed by atoms with Crippen molar-refractivity contribution in [3.05, 3.63) is 76.8 Å². The van der Waals surface area contributed by atoms with Crippen LogP contribution in [-0.2, 0) is 21.2 Å². The molecule has 1 aromatic heterocycles. The van der Waals surface area contributed by atoms with E-state index >= 15 is 0 Å². The zero-order valence-corrected chi connectivity index (χ0v) is 16.0. The molecule has 0 aliphatic rings. The Labute approximate surface area is 165 Å². The highest BCUT2D eigenvalue weighted by Gasteiger charge is 2.21. The van der Waals surface area contributed by atoms with E-state index in [1.54, 1.807) is 24.3 Å². The Balaban J connectivity index is 1.83. The van der Waals surface area contributed by atoms with E-state index in [-0.39, 0.29) is 4.90 Å². The minimum Gasteiger partial charge on any atom is -0.497 e. The van der Waals surface area contributed by atoms with Crippen molar-refractivity contribution in [2.24, 2.45) is 0 Å². The smallest absolute Gasteiger partial charge is 0.267 e. The first-order valence-electron chi connectivity index (χ1n) is 8.32. The number of methoxy groups -OCH3 is 1. The van der Waals surface area contributed by atoms with Crippen molar-refractivity contribution in [2.45, 2.75) is 16.5 Å². The molecule has 2 aromatic carbocycles. The van der Waals surface area contributed by atoms with Gasteiger partial charge in [0.05, 0.1) is 12.0 Å². The highest BCUT2D eigenvalue weighted by Crippen LogP contribution is 2.19. The van der Waals surface area contributed by atoms with E-state index in [4.69, 9.17) is 4.74 Å². The Morgan fingerprint density at radius 3 is 2.52 bits per heavy atom. The van der Waals surface area contributed by atoms with Gasteiger partial charge in [-0.3, -0.25) is 9.59 Å². The Morgan fingerprint density at radius 2 is 1.86 bits per heavy atom. The van der Waals surface area contributed by atoms with Gasteiger partial charge in [0.15, 0.2) is 5.03 Å². The molecule has 0 saturated heterocycles. The number of nitrogens with zero attached hydrogens (tertiary/aromatic N) is 2. The molecule has 1 N–H and O–H groups in total. The zero-order chi connectivity index (χ0) is 21.0. The molecule has 29 heavy (non-hydrogen) atoms. The Morgan fingerprint density at radius 1 is 1.14 bits per heavy atom. The van der Waals surface area contributed by atoms with Crippen molar-refractivity contribution < 1.29 is 22.3 Å². The molecule has 3 aromatic rings. The van der Waals surface area contributed by atoms with Crippen molar-refractivity contribution in [3.8, 4) is 5.75 Å². The summed E-state index contributed by atoms with van der Waals surface area (Å²) in [6.45, 7) is -0.503. The van der Waals surface area contributed by atoms with Crippen LogP contribution in [-0.4, -0.2) is 31.2 Å². The zero-order valence-electron chi connectivity index (χ0n) is 15.2. The SMILES string of the molecule is COc1ccc(NC(=O)Cn2nc(S(=O)(=O)c3cccc(F)c3)ccc2=O)cc1. The summed E-state index contributed by atoms with van der Waals surface area (Å²) in [7, 11) is -2.65. The minimum absolute atomic E-state index is 0.308. The molecule has 10 heteroatoms. The standard InChI is InChI=1S/C19H16FN3O5S/c1-28-15-7-5-14(6-8-15)21-17(24)12-23-19(25)10-9-18(22-23)29(26,27)16-4-2-3-13(20)11-16/h2-11H,12H2,1H3,(H,21,24). The third-order valence-electron chi connectivity index (χ3n) is 3.89. The molecule has 8 nitrogen and oxygen atoms in total.